The lowest BCUT2D eigenvalue weighted by Gasteiger charge is -2.22. The van der Waals surface area contributed by atoms with Gasteiger partial charge in [-0.05, 0) is 42.7 Å². The summed E-state index contributed by atoms with van der Waals surface area (Å²) in [5.41, 5.74) is 2.15. The molecule has 0 spiro atoms. The number of aryl methyl sites for hydroxylation is 1. The molecule has 1 atom stereocenters. The Morgan fingerprint density at radius 2 is 1.91 bits per heavy atom. The van der Waals surface area contributed by atoms with Crippen molar-refractivity contribution in [3.8, 4) is 0 Å². The molecule has 0 saturated carbocycles. The van der Waals surface area contributed by atoms with Crippen LogP contribution in [-0.4, -0.2) is 32.3 Å². The second kappa shape index (κ2) is 11.9. The number of carbonyl (C=O) groups excluding carboxylic acids is 2. The number of nitrogens with one attached hydrogen (secondary N) is 2. The molecule has 0 fully saturated rings. The van der Waals surface area contributed by atoms with E-state index < -0.39 is 0 Å². The van der Waals surface area contributed by atoms with Gasteiger partial charge in [0, 0.05) is 22.8 Å². The Labute approximate surface area is 209 Å². The fraction of sp³-hybridized carbons (Fsp3) is 0.280. The van der Waals surface area contributed by atoms with Crippen LogP contribution < -0.4 is 10.6 Å². The van der Waals surface area contributed by atoms with Gasteiger partial charge in [-0.2, -0.15) is 0 Å². The normalized spacial score (nSPS) is 11.8. The molecule has 3 rings (SSSR count). The molecule has 0 saturated heterocycles. The molecule has 7 nitrogen and oxygen atoms in total. The second-order valence-corrected chi connectivity index (χ2v) is 9.45. The van der Waals surface area contributed by atoms with Crippen molar-refractivity contribution in [1.82, 2.24) is 20.1 Å². The lowest BCUT2D eigenvalue weighted by molar-refractivity contribution is -0.113. The van der Waals surface area contributed by atoms with Crippen LogP contribution in [0.3, 0.4) is 0 Å². The minimum Gasteiger partial charge on any atom is -0.342 e. The Morgan fingerprint density at radius 3 is 2.56 bits per heavy atom. The van der Waals surface area contributed by atoms with Crippen LogP contribution in [0.4, 0.5) is 5.69 Å². The molecule has 1 aromatic heterocycles. The highest BCUT2D eigenvalue weighted by molar-refractivity contribution is 7.99. The van der Waals surface area contributed by atoms with Gasteiger partial charge in [0.05, 0.1) is 11.8 Å². The number of benzene rings is 2. The van der Waals surface area contributed by atoms with Gasteiger partial charge in [0.2, 0.25) is 5.91 Å². The van der Waals surface area contributed by atoms with Crippen molar-refractivity contribution in [3.63, 3.8) is 0 Å². The van der Waals surface area contributed by atoms with Crippen LogP contribution in [-0.2, 0) is 11.3 Å². The number of nitrogens with zero attached hydrogens (tertiary/aromatic N) is 3. The first-order chi connectivity index (χ1) is 16.3. The minimum atomic E-state index is -0.363. The molecule has 2 N–H and O–H groups in total. The molecule has 0 bridgehead atoms. The quantitative estimate of drug-likeness (QED) is 0.293. The van der Waals surface area contributed by atoms with E-state index in [0.717, 1.165) is 5.56 Å². The highest BCUT2D eigenvalue weighted by Crippen LogP contribution is 2.26. The Kier molecular flexibility index (Phi) is 8.90. The second-order valence-electron chi connectivity index (χ2n) is 8.10. The zero-order valence-corrected chi connectivity index (χ0v) is 21.0. The predicted molar refractivity (Wildman–Crippen MR) is 137 cm³/mol. The van der Waals surface area contributed by atoms with Crippen molar-refractivity contribution in [2.45, 2.75) is 38.5 Å². The number of carbonyl (C=O) groups is 2. The van der Waals surface area contributed by atoms with Gasteiger partial charge in [-0.3, -0.25) is 9.59 Å². The molecule has 3 aromatic rings. The number of amides is 2. The van der Waals surface area contributed by atoms with E-state index in [0.29, 0.717) is 33.8 Å². The number of rotatable bonds is 10. The molecule has 0 aliphatic heterocycles. The van der Waals surface area contributed by atoms with Crippen molar-refractivity contribution < 1.29 is 9.59 Å². The highest BCUT2D eigenvalue weighted by Gasteiger charge is 2.26. The standard InChI is InChI=1S/C25H28ClN5O2S/c1-5-13-31-23(22(16(2)3)28-24(33)18-9-7-6-8-10-18)29-30-25(31)34-15-21(32)27-19-12-11-17(4)20(26)14-19/h5-12,14,16,22H,1,13,15H2,2-4H3,(H,27,32)(H,28,33)/t22-/m1/s1. The lowest BCUT2D eigenvalue weighted by Crippen LogP contribution is -2.33. The fourth-order valence-electron chi connectivity index (χ4n) is 3.28. The Morgan fingerprint density at radius 1 is 1.18 bits per heavy atom. The maximum absolute atomic E-state index is 12.8. The SMILES string of the molecule is C=CCn1c(SCC(=O)Nc2ccc(C)c(Cl)c2)nnc1[C@H](NC(=O)c1ccccc1)C(C)C. The first-order valence-electron chi connectivity index (χ1n) is 10.9. The van der Waals surface area contributed by atoms with Crippen LogP contribution in [0, 0.1) is 12.8 Å². The summed E-state index contributed by atoms with van der Waals surface area (Å²) in [6, 6.07) is 14.1. The summed E-state index contributed by atoms with van der Waals surface area (Å²) in [5, 5.41) is 15.8. The molecule has 9 heteroatoms. The zero-order valence-electron chi connectivity index (χ0n) is 19.4. The first kappa shape index (κ1) is 25.5. The third kappa shape index (κ3) is 6.48. The Bertz CT molecular complexity index is 1160. The first-order valence-corrected chi connectivity index (χ1v) is 12.2. The van der Waals surface area contributed by atoms with Gasteiger partial charge in [0.15, 0.2) is 11.0 Å². The van der Waals surface area contributed by atoms with Gasteiger partial charge in [-0.15, -0.1) is 16.8 Å². The van der Waals surface area contributed by atoms with E-state index in [1.54, 1.807) is 24.3 Å². The fourth-order valence-corrected chi connectivity index (χ4v) is 4.21. The molecule has 178 valence electrons. The average Bonchev–Trinajstić information content (AvgIpc) is 3.21. The molecule has 0 aliphatic rings. The molecule has 1 heterocycles. The van der Waals surface area contributed by atoms with Gasteiger partial charge in [-0.1, -0.05) is 67.6 Å². The van der Waals surface area contributed by atoms with Gasteiger partial charge in [0.1, 0.15) is 0 Å². The number of anilines is 1. The molecule has 0 radical (unpaired) electrons. The molecule has 2 aromatic carbocycles. The van der Waals surface area contributed by atoms with E-state index in [-0.39, 0.29) is 29.5 Å². The Hall–Kier alpha value is -3.10. The molecule has 2 amide bonds. The van der Waals surface area contributed by atoms with E-state index in [4.69, 9.17) is 11.6 Å². The van der Waals surface area contributed by atoms with Crippen LogP contribution in [0.2, 0.25) is 5.02 Å². The van der Waals surface area contributed by atoms with Gasteiger partial charge < -0.3 is 15.2 Å². The maximum atomic E-state index is 12.8. The van der Waals surface area contributed by atoms with Crippen LogP contribution >= 0.6 is 23.4 Å². The van der Waals surface area contributed by atoms with E-state index >= 15 is 0 Å². The molecule has 34 heavy (non-hydrogen) atoms. The summed E-state index contributed by atoms with van der Waals surface area (Å²) in [6.07, 6.45) is 1.74. The maximum Gasteiger partial charge on any atom is 0.251 e. The summed E-state index contributed by atoms with van der Waals surface area (Å²) in [7, 11) is 0. The lowest BCUT2D eigenvalue weighted by atomic mass is 10.0. The average molecular weight is 498 g/mol. The monoisotopic (exact) mass is 497 g/mol. The van der Waals surface area contributed by atoms with E-state index in [9.17, 15) is 9.59 Å². The van der Waals surface area contributed by atoms with Crippen molar-refractivity contribution in [1.29, 1.82) is 0 Å². The van der Waals surface area contributed by atoms with E-state index in [2.05, 4.69) is 27.4 Å². The highest BCUT2D eigenvalue weighted by atomic mass is 35.5. The van der Waals surface area contributed by atoms with Crippen LogP contribution in [0.25, 0.3) is 0 Å². The summed E-state index contributed by atoms with van der Waals surface area (Å²) >= 11 is 7.41. The van der Waals surface area contributed by atoms with Crippen molar-refractivity contribution in [2.75, 3.05) is 11.1 Å². The van der Waals surface area contributed by atoms with E-state index in [1.807, 2.05) is 55.7 Å². The number of halogens is 1. The van der Waals surface area contributed by atoms with E-state index in [1.165, 1.54) is 11.8 Å². The topological polar surface area (TPSA) is 88.9 Å². The number of aromatic nitrogens is 3. The molecule has 0 aliphatic carbocycles. The summed E-state index contributed by atoms with van der Waals surface area (Å²) < 4.78 is 1.88. The minimum absolute atomic E-state index is 0.0628. The molecular weight excluding hydrogens is 470 g/mol. The zero-order chi connectivity index (χ0) is 24.7. The van der Waals surface area contributed by atoms with Gasteiger partial charge in [0.25, 0.3) is 5.91 Å². The summed E-state index contributed by atoms with van der Waals surface area (Å²) in [4.78, 5) is 25.3. The molecular formula is C25H28ClN5O2S. The van der Waals surface area contributed by atoms with Crippen LogP contribution in [0.5, 0.6) is 0 Å². The van der Waals surface area contributed by atoms with Crippen LogP contribution in [0.1, 0.15) is 41.6 Å². The predicted octanol–water partition coefficient (Wildman–Crippen LogP) is 5.28. The van der Waals surface area contributed by atoms with Gasteiger partial charge >= 0.3 is 0 Å². The number of thioether (sulfide) groups is 1. The third-order valence-electron chi connectivity index (χ3n) is 5.11. The third-order valence-corrected chi connectivity index (χ3v) is 6.49. The van der Waals surface area contributed by atoms with Crippen molar-refractivity contribution >= 4 is 40.9 Å². The summed E-state index contributed by atoms with van der Waals surface area (Å²) in [6.45, 7) is 10.2. The van der Waals surface area contributed by atoms with Crippen molar-refractivity contribution in [3.05, 3.63) is 83.2 Å². The number of allylic oxidation sites excluding steroid dienone is 1. The summed E-state index contributed by atoms with van der Waals surface area (Å²) in [5.74, 6) is 0.458. The van der Waals surface area contributed by atoms with Crippen LogP contribution in [0.15, 0.2) is 66.3 Å². The van der Waals surface area contributed by atoms with Gasteiger partial charge in [-0.25, -0.2) is 0 Å². The largest absolute Gasteiger partial charge is 0.342 e. The molecule has 0 unspecified atom stereocenters. The van der Waals surface area contributed by atoms with Crippen molar-refractivity contribution in [2.24, 2.45) is 5.92 Å². The smallest absolute Gasteiger partial charge is 0.251 e. The number of hydrogen-bond donors (Lipinski definition) is 2. The Balaban J connectivity index is 1.74. The number of hydrogen-bond acceptors (Lipinski definition) is 5.